The van der Waals surface area contributed by atoms with Crippen LogP contribution in [-0.4, -0.2) is 23.5 Å². The molecule has 0 radical (unpaired) electrons. The summed E-state index contributed by atoms with van der Waals surface area (Å²) >= 11 is 0. The monoisotopic (exact) mass is 205 g/mol. The van der Waals surface area contributed by atoms with Crippen LogP contribution in [0, 0.1) is 0 Å². The highest BCUT2D eigenvalue weighted by atomic mass is 15.2. The minimum absolute atomic E-state index is 0.274. The maximum absolute atomic E-state index is 3.89. The molecule has 1 heterocycles. The molecule has 84 valence electrons. The van der Waals surface area contributed by atoms with Gasteiger partial charge in [0.05, 0.1) is 0 Å². The van der Waals surface area contributed by atoms with Crippen LogP contribution in [0.4, 0.5) is 0 Å². The lowest BCUT2D eigenvalue weighted by molar-refractivity contribution is 0.0623. The first-order chi connectivity index (χ1) is 7.29. The third kappa shape index (κ3) is 2.82. The first-order valence-corrected chi connectivity index (χ1v) is 5.87. The highest BCUT2D eigenvalue weighted by Gasteiger charge is 2.35. The van der Waals surface area contributed by atoms with Crippen molar-refractivity contribution in [3.8, 4) is 0 Å². The lowest BCUT2D eigenvalue weighted by Crippen LogP contribution is -2.51. The van der Waals surface area contributed by atoms with Gasteiger partial charge in [0.2, 0.25) is 0 Å². The van der Waals surface area contributed by atoms with Crippen LogP contribution in [-0.2, 0) is 0 Å². The van der Waals surface area contributed by atoms with E-state index in [1.54, 1.807) is 0 Å². The molecule has 0 saturated carbocycles. The molecule has 0 aromatic rings. The zero-order chi connectivity index (χ0) is 11.1. The Labute approximate surface area is 94.2 Å². The minimum atomic E-state index is 0.274. The molecule has 0 unspecified atom stereocenters. The Balaban J connectivity index is 2.81. The van der Waals surface area contributed by atoms with E-state index in [4.69, 9.17) is 0 Å². The van der Waals surface area contributed by atoms with Crippen LogP contribution in [0.25, 0.3) is 0 Å². The lowest BCUT2D eigenvalue weighted by Gasteiger charge is -2.46. The van der Waals surface area contributed by atoms with Crippen LogP contribution in [0.5, 0.6) is 0 Å². The molecule has 1 nitrogen and oxygen atoms in total. The fourth-order valence-corrected chi connectivity index (χ4v) is 2.68. The largest absolute Gasteiger partial charge is 0.293 e. The van der Waals surface area contributed by atoms with E-state index >= 15 is 0 Å². The first-order valence-electron chi connectivity index (χ1n) is 5.87. The molecule has 0 aromatic carbocycles. The van der Waals surface area contributed by atoms with Gasteiger partial charge in [0.25, 0.3) is 0 Å². The summed E-state index contributed by atoms with van der Waals surface area (Å²) in [6.45, 7) is 13.8. The number of rotatable bonds is 6. The molecule has 15 heavy (non-hydrogen) atoms. The molecule has 1 heteroatoms. The van der Waals surface area contributed by atoms with Crippen LogP contribution in [0.3, 0.4) is 0 Å². The van der Waals surface area contributed by atoms with Crippen LogP contribution in [0.15, 0.2) is 38.0 Å². The summed E-state index contributed by atoms with van der Waals surface area (Å²) < 4.78 is 0. The Kier molecular flexibility index (Phi) is 4.83. The zero-order valence-electron chi connectivity index (χ0n) is 9.75. The molecule has 0 amide bonds. The molecule has 1 saturated heterocycles. The molecular weight excluding hydrogens is 182 g/mol. The highest BCUT2D eigenvalue weighted by Crippen LogP contribution is 2.34. The van der Waals surface area contributed by atoms with Gasteiger partial charge in [-0.2, -0.15) is 0 Å². The minimum Gasteiger partial charge on any atom is -0.293 e. The predicted molar refractivity (Wildman–Crippen MR) is 68.0 cm³/mol. The van der Waals surface area contributed by atoms with Gasteiger partial charge >= 0.3 is 0 Å². The van der Waals surface area contributed by atoms with Crippen LogP contribution < -0.4 is 0 Å². The summed E-state index contributed by atoms with van der Waals surface area (Å²) in [5.74, 6) is 0. The number of nitrogens with zero attached hydrogens (tertiary/aromatic N) is 1. The maximum atomic E-state index is 3.89. The predicted octanol–water partition coefficient (Wildman–Crippen LogP) is 3.55. The smallest absolute Gasteiger partial charge is 0.0281 e. The summed E-state index contributed by atoms with van der Waals surface area (Å²) in [4.78, 5) is 2.55. The van der Waals surface area contributed by atoms with Gasteiger partial charge in [-0.1, -0.05) is 24.6 Å². The van der Waals surface area contributed by atoms with E-state index < -0.39 is 0 Å². The zero-order valence-corrected chi connectivity index (χ0v) is 9.75. The van der Waals surface area contributed by atoms with Gasteiger partial charge in [-0.15, -0.1) is 19.7 Å². The van der Waals surface area contributed by atoms with Gasteiger partial charge in [-0.25, -0.2) is 0 Å². The highest BCUT2D eigenvalue weighted by molar-refractivity contribution is 5.02. The van der Waals surface area contributed by atoms with Gasteiger partial charge in [0.15, 0.2) is 0 Å². The summed E-state index contributed by atoms with van der Waals surface area (Å²) in [7, 11) is 0. The van der Waals surface area contributed by atoms with Crippen molar-refractivity contribution in [3.05, 3.63) is 38.0 Å². The number of hydrogen-bond donors (Lipinski definition) is 0. The normalized spacial score (nSPS) is 20.8. The molecule has 1 aliphatic heterocycles. The SMILES string of the molecule is C=CCN1CCCCC1(CC=C)CC=C. The van der Waals surface area contributed by atoms with Crippen LogP contribution in [0.1, 0.15) is 32.1 Å². The van der Waals surface area contributed by atoms with Crippen molar-refractivity contribution >= 4 is 0 Å². The summed E-state index contributed by atoms with van der Waals surface area (Å²) in [6.07, 6.45) is 12.1. The standard InChI is InChI=1S/C14H23N/c1-4-9-14(10-5-2)11-7-8-13-15(14)12-6-3/h4-6H,1-3,7-13H2. The van der Waals surface area contributed by atoms with E-state index in [9.17, 15) is 0 Å². The third-order valence-electron chi connectivity index (χ3n) is 3.39. The van der Waals surface area contributed by atoms with E-state index in [1.807, 2.05) is 18.2 Å². The second-order valence-corrected chi connectivity index (χ2v) is 4.40. The Morgan fingerprint density at radius 2 is 1.67 bits per heavy atom. The Morgan fingerprint density at radius 1 is 1.00 bits per heavy atom. The quantitative estimate of drug-likeness (QED) is 0.599. The topological polar surface area (TPSA) is 3.24 Å². The van der Waals surface area contributed by atoms with Crippen molar-refractivity contribution in [2.75, 3.05) is 13.1 Å². The van der Waals surface area contributed by atoms with Crippen molar-refractivity contribution in [2.24, 2.45) is 0 Å². The molecule has 0 atom stereocenters. The van der Waals surface area contributed by atoms with Gasteiger partial charge in [-0.05, 0) is 32.2 Å². The summed E-state index contributed by atoms with van der Waals surface area (Å²) in [6, 6.07) is 0. The Bertz CT molecular complexity index is 219. The molecule has 1 aliphatic rings. The number of likely N-dealkylation sites (tertiary alicyclic amines) is 1. The van der Waals surface area contributed by atoms with E-state index in [2.05, 4.69) is 24.6 Å². The lowest BCUT2D eigenvalue weighted by atomic mass is 9.81. The fraction of sp³-hybridized carbons (Fsp3) is 0.571. The van der Waals surface area contributed by atoms with Crippen molar-refractivity contribution in [2.45, 2.75) is 37.6 Å². The number of piperidine rings is 1. The van der Waals surface area contributed by atoms with Crippen LogP contribution in [0.2, 0.25) is 0 Å². The van der Waals surface area contributed by atoms with Crippen molar-refractivity contribution in [1.29, 1.82) is 0 Å². The molecule has 0 spiro atoms. The molecule has 1 rings (SSSR count). The third-order valence-corrected chi connectivity index (χ3v) is 3.39. The second-order valence-electron chi connectivity index (χ2n) is 4.40. The first kappa shape index (κ1) is 12.3. The van der Waals surface area contributed by atoms with E-state index in [0.717, 1.165) is 19.4 Å². The van der Waals surface area contributed by atoms with E-state index in [1.165, 1.54) is 25.8 Å². The van der Waals surface area contributed by atoms with Crippen LogP contribution >= 0.6 is 0 Å². The van der Waals surface area contributed by atoms with Gasteiger partial charge < -0.3 is 0 Å². The molecule has 0 bridgehead atoms. The average Bonchev–Trinajstić information content (AvgIpc) is 2.23. The number of hydrogen-bond acceptors (Lipinski definition) is 1. The maximum Gasteiger partial charge on any atom is 0.0281 e. The molecule has 1 fully saturated rings. The Morgan fingerprint density at radius 3 is 2.20 bits per heavy atom. The van der Waals surface area contributed by atoms with Crippen molar-refractivity contribution < 1.29 is 0 Å². The summed E-state index contributed by atoms with van der Waals surface area (Å²) in [5, 5.41) is 0. The second kappa shape index (κ2) is 5.92. The Hall–Kier alpha value is -0.820. The van der Waals surface area contributed by atoms with E-state index in [-0.39, 0.29) is 5.54 Å². The fourth-order valence-electron chi connectivity index (χ4n) is 2.68. The van der Waals surface area contributed by atoms with Crippen molar-refractivity contribution in [1.82, 2.24) is 4.90 Å². The molecular formula is C14H23N. The molecule has 0 aliphatic carbocycles. The average molecular weight is 205 g/mol. The molecule has 0 N–H and O–H groups in total. The van der Waals surface area contributed by atoms with Gasteiger partial charge in [-0.3, -0.25) is 4.90 Å². The van der Waals surface area contributed by atoms with Crippen molar-refractivity contribution in [3.63, 3.8) is 0 Å². The van der Waals surface area contributed by atoms with E-state index in [0.29, 0.717) is 0 Å². The van der Waals surface area contributed by atoms with Gasteiger partial charge in [0.1, 0.15) is 0 Å². The molecule has 0 aromatic heterocycles. The van der Waals surface area contributed by atoms with Gasteiger partial charge in [0, 0.05) is 12.1 Å². The summed E-state index contributed by atoms with van der Waals surface area (Å²) in [5.41, 5.74) is 0.274.